The van der Waals surface area contributed by atoms with E-state index in [-0.39, 0.29) is 18.0 Å². The van der Waals surface area contributed by atoms with Gasteiger partial charge in [-0.25, -0.2) is 9.97 Å². The van der Waals surface area contributed by atoms with E-state index < -0.39 is 0 Å². The maximum Gasteiger partial charge on any atom is 0.237 e. The number of rotatable bonds is 8. The average molecular weight is 519 g/mol. The first kappa shape index (κ1) is 24.0. The average Bonchev–Trinajstić information content (AvgIpc) is 3.58. The minimum atomic E-state index is -0.358. The van der Waals surface area contributed by atoms with Crippen LogP contribution >= 0.6 is 11.8 Å². The van der Waals surface area contributed by atoms with Gasteiger partial charge in [0.25, 0.3) is 0 Å². The number of carbonyl (C=O) groups excluding carboxylic acids is 1. The normalized spacial score (nSPS) is 16.4. The monoisotopic (exact) mass is 518 g/mol. The van der Waals surface area contributed by atoms with Crippen LogP contribution in [0.15, 0.2) is 47.6 Å². The van der Waals surface area contributed by atoms with Gasteiger partial charge in [0, 0.05) is 30.1 Å². The zero-order valence-corrected chi connectivity index (χ0v) is 21.7. The number of nitrogens with zero attached hydrogens (tertiary/aromatic N) is 5. The van der Waals surface area contributed by atoms with Crippen LogP contribution in [0.25, 0.3) is 16.6 Å². The molecule has 2 aromatic heterocycles. The van der Waals surface area contributed by atoms with E-state index >= 15 is 0 Å². The first-order valence-electron chi connectivity index (χ1n) is 12.9. The van der Waals surface area contributed by atoms with E-state index in [9.17, 15) is 4.79 Å². The second-order valence-electron chi connectivity index (χ2n) is 9.40. The van der Waals surface area contributed by atoms with Crippen molar-refractivity contribution in [1.29, 1.82) is 0 Å². The molecule has 4 aromatic rings. The topological polar surface area (TPSA) is 93.9 Å². The Bertz CT molecular complexity index is 1430. The lowest BCUT2D eigenvalue weighted by Crippen LogP contribution is -2.31. The summed E-state index contributed by atoms with van der Waals surface area (Å²) in [5, 5.41) is 9.13. The molecule has 0 spiro atoms. The van der Waals surface area contributed by atoms with Gasteiger partial charge in [-0.2, -0.15) is 4.52 Å². The predicted molar refractivity (Wildman–Crippen MR) is 143 cm³/mol. The van der Waals surface area contributed by atoms with Crippen LogP contribution < -0.4 is 14.8 Å². The van der Waals surface area contributed by atoms with E-state index in [1.807, 2.05) is 41.8 Å². The molecule has 0 unspecified atom stereocenters. The van der Waals surface area contributed by atoms with Gasteiger partial charge in [-0.15, -0.1) is 5.10 Å². The van der Waals surface area contributed by atoms with E-state index in [1.54, 1.807) is 12.1 Å². The van der Waals surface area contributed by atoms with Gasteiger partial charge in [-0.3, -0.25) is 4.79 Å². The highest BCUT2D eigenvalue weighted by molar-refractivity contribution is 8.00. The van der Waals surface area contributed by atoms with Crippen molar-refractivity contribution in [3.05, 3.63) is 48.3 Å². The van der Waals surface area contributed by atoms with Crippen molar-refractivity contribution in [2.75, 3.05) is 31.7 Å². The van der Waals surface area contributed by atoms with E-state index in [2.05, 4.69) is 10.2 Å². The van der Waals surface area contributed by atoms with Gasteiger partial charge in [-0.05, 0) is 56.6 Å². The Morgan fingerprint density at radius 2 is 1.92 bits per heavy atom. The summed E-state index contributed by atoms with van der Waals surface area (Å²) in [4.78, 5) is 25.5. The Labute approximate surface area is 219 Å². The number of piperidine rings is 1. The van der Waals surface area contributed by atoms with Crippen LogP contribution in [0.4, 0.5) is 5.69 Å². The lowest BCUT2D eigenvalue weighted by Gasteiger charge is -2.25. The van der Waals surface area contributed by atoms with Gasteiger partial charge in [0.05, 0.1) is 10.8 Å². The number of fused-ring (bicyclic) bond motifs is 4. The fourth-order valence-electron chi connectivity index (χ4n) is 4.84. The summed E-state index contributed by atoms with van der Waals surface area (Å²) in [6.07, 6.45) is 5.28. The summed E-state index contributed by atoms with van der Waals surface area (Å²) in [5.74, 6) is 2.03. The summed E-state index contributed by atoms with van der Waals surface area (Å²) in [6.45, 7) is 5.45. The molecule has 0 aliphatic carbocycles. The van der Waals surface area contributed by atoms with Crippen LogP contribution in [0.1, 0.15) is 38.4 Å². The number of ether oxygens (including phenoxy) is 2. The van der Waals surface area contributed by atoms with Gasteiger partial charge < -0.3 is 19.7 Å². The molecule has 2 aliphatic rings. The number of hydrogen-bond acceptors (Lipinski definition) is 8. The number of anilines is 1. The van der Waals surface area contributed by atoms with E-state index in [1.165, 1.54) is 31.0 Å². The summed E-state index contributed by atoms with van der Waals surface area (Å²) < 4.78 is 12.6. The molecule has 37 heavy (non-hydrogen) atoms. The molecule has 2 aliphatic heterocycles. The fourth-order valence-corrected chi connectivity index (χ4v) is 5.81. The molecular weight excluding hydrogens is 488 g/mol. The molecule has 1 fully saturated rings. The largest absolute Gasteiger partial charge is 0.454 e. The number of thioether (sulfide) groups is 1. The number of benzene rings is 2. The molecule has 1 N–H and O–H groups in total. The van der Waals surface area contributed by atoms with Crippen molar-refractivity contribution in [3.8, 4) is 11.5 Å². The summed E-state index contributed by atoms with van der Waals surface area (Å²) in [5.41, 5.74) is 2.30. The first-order chi connectivity index (χ1) is 18.2. The molecule has 0 radical (unpaired) electrons. The molecule has 1 saturated heterocycles. The molecule has 0 bridgehead atoms. The molecule has 1 amide bonds. The van der Waals surface area contributed by atoms with Crippen molar-refractivity contribution >= 4 is 39.9 Å². The molecule has 0 saturated carbocycles. The minimum Gasteiger partial charge on any atom is -0.454 e. The van der Waals surface area contributed by atoms with Crippen LogP contribution in [0.3, 0.4) is 0 Å². The maximum atomic E-state index is 13.2. The lowest BCUT2D eigenvalue weighted by molar-refractivity contribution is -0.115. The van der Waals surface area contributed by atoms with Crippen molar-refractivity contribution in [2.24, 2.45) is 0 Å². The van der Waals surface area contributed by atoms with Gasteiger partial charge >= 0.3 is 0 Å². The number of aromatic nitrogens is 4. The number of hydrogen-bond donors (Lipinski definition) is 1. The maximum absolute atomic E-state index is 13.2. The van der Waals surface area contributed by atoms with Crippen molar-refractivity contribution in [3.63, 3.8) is 0 Å². The summed E-state index contributed by atoms with van der Waals surface area (Å²) in [6, 6.07) is 13.4. The molecule has 9 nitrogen and oxygen atoms in total. The first-order valence-corrected chi connectivity index (χ1v) is 13.8. The van der Waals surface area contributed by atoms with Crippen LogP contribution in [0.2, 0.25) is 0 Å². The molecule has 10 heteroatoms. The zero-order chi connectivity index (χ0) is 25.2. The lowest BCUT2D eigenvalue weighted by atomic mass is 10.1. The highest BCUT2D eigenvalue weighted by Crippen LogP contribution is 2.35. The second-order valence-corrected chi connectivity index (χ2v) is 10.6. The number of carbonyl (C=O) groups is 1. The van der Waals surface area contributed by atoms with Crippen LogP contribution in [0.5, 0.6) is 11.5 Å². The molecule has 192 valence electrons. The van der Waals surface area contributed by atoms with E-state index in [4.69, 9.17) is 24.5 Å². The number of amides is 1. The van der Waals surface area contributed by atoms with E-state index in [0.29, 0.717) is 28.8 Å². The van der Waals surface area contributed by atoms with Gasteiger partial charge in [0.2, 0.25) is 12.7 Å². The molecule has 6 rings (SSSR count). The highest BCUT2D eigenvalue weighted by Gasteiger charge is 2.24. The van der Waals surface area contributed by atoms with Crippen LogP contribution in [0, 0.1) is 0 Å². The Hall–Kier alpha value is -3.37. The smallest absolute Gasteiger partial charge is 0.237 e. The van der Waals surface area contributed by atoms with Gasteiger partial charge in [0.15, 0.2) is 28.1 Å². The fraction of sp³-hybridized carbons (Fsp3) is 0.407. The quantitative estimate of drug-likeness (QED) is 0.268. The third kappa shape index (κ3) is 5.08. The van der Waals surface area contributed by atoms with E-state index in [0.717, 1.165) is 48.4 Å². The SMILES string of the molecule is CC[C@H](Sc1nc2ccccc2c2nc(CCN3CCCCC3)nn12)C(=O)Nc1ccc2c(c1)OCO2. The number of para-hydroxylation sites is 1. The predicted octanol–water partition coefficient (Wildman–Crippen LogP) is 4.54. The van der Waals surface area contributed by atoms with Crippen molar-refractivity contribution in [1.82, 2.24) is 24.5 Å². The number of likely N-dealkylation sites (tertiary alicyclic amines) is 1. The molecule has 4 heterocycles. The molecule has 2 aromatic carbocycles. The highest BCUT2D eigenvalue weighted by atomic mass is 32.2. The second kappa shape index (κ2) is 10.5. The Morgan fingerprint density at radius 1 is 1.08 bits per heavy atom. The van der Waals surface area contributed by atoms with Gasteiger partial charge in [-0.1, -0.05) is 37.2 Å². The van der Waals surface area contributed by atoms with Crippen LogP contribution in [-0.2, 0) is 11.2 Å². The third-order valence-electron chi connectivity index (χ3n) is 6.84. The molecule has 1 atom stereocenters. The standard InChI is InChI=1S/C27H30N6O3S/c1-2-23(26(34)28-18-10-11-21-22(16-18)36-17-35-21)37-27-29-20-9-5-4-8-19(20)25-30-24(31-33(25)27)12-15-32-13-6-3-7-14-32/h4-5,8-11,16,23H,2-3,6-7,12-15,17H2,1H3,(H,28,34)/t23-/m0/s1. The van der Waals surface area contributed by atoms with Gasteiger partial charge in [0.1, 0.15) is 0 Å². The Morgan fingerprint density at radius 3 is 2.78 bits per heavy atom. The Balaban J connectivity index is 1.25. The Kier molecular flexibility index (Phi) is 6.84. The summed E-state index contributed by atoms with van der Waals surface area (Å²) in [7, 11) is 0. The molecular formula is C27H30N6O3S. The minimum absolute atomic E-state index is 0.0973. The zero-order valence-electron chi connectivity index (χ0n) is 20.9. The van der Waals surface area contributed by atoms with Crippen molar-refractivity contribution < 1.29 is 14.3 Å². The van der Waals surface area contributed by atoms with Crippen molar-refractivity contribution in [2.45, 2.75) is 49.4 Å². The summed E-state index contributed by atoms with van der Waals surface area (Å²) >= 11 is 1.42. The number of nitrogens with one attached hydrogen (secondary N) is 1. The van der Waals surface area contributed by atoms with Crippen LogP contribution in [-0.4, -0.2) is 62.1 Å². The third-order valence-corrected chi connectivity index (χ3v) is 8.15.